The maximum atomic E-state index is 4.96. The van der Waals surface area contributed by atoms with Gasteiger partial charge in [0.15, 0.2) is 0 Å². The second-order valence-electron chi connectivity index (χ2n) is 2.89. The fourth-order valence-corrected chi connectivity index (χ4v) is 1.05. The van der Waals surface area contributed by atoms with Gasteiger partial charge in [0.2, 0.25) is 5.88 Å². The standard InChI is InChI=1S/C10H16N2O/c1-3-6-11-7-9-4-5-10(13-2)12-8-9/h4-5,8,11H,3,6-7H2,1-2H3. The molecule has 0 radical (unpaired) electrons. The molecule has 0 unspecified atom stereocenters. The highest BCUT2D eigenvalue weighted by atomic mass is 16.5. The van der Waals surface area contributed by atoms with Gasteiger partial charge < -0.3 is 10.1 Å². The van der Waals surface area contributed by atoms with Crippen molar-refractivity contribution in [2.45, 2.75) is 19.9 Å². The van der Waals surface area contributed by atoms with Crippen molar-refractivity contribution in [3.63, 3.8) is 0 Å². The lowest BCUT2D eigenvalue weighted by molar-refractivity contribution is 0.397. The van der Waals surface area contributed by atoms with Gasteiger partial charge in [0, 0.05) is 18.8 Å². The van der Waals surface area contributed by atoms with Crippen LogP contribution in [0.5, 0.6) is 5.88 Å². The summed E-state index contributed by atoms with van der Waals surface area (Å²) >= 11 is 0. The maximum absolute atomic E-state index is 4.96. The zero-order chi connectivity index (χ0) is 9.52. The van der Waals surface area contributed by atoms with E-state index in [2.05, 4.69) is 17.2 Å². The topological polar surface area (TPSA) is 34.1 Å². The summed E-state index contributed by atoms with van der Waals surface area (Å²) in [5.41, 5.74) is 1.19. The average Bonchev–Trinajstić information content (AvgIpc) is 2.19. The number of hydrogen-bond acceptors (Lipinski definition) is 3. The van der Waals surface area contributed by atoms with E-state index in [1.165, 1.54) is 5.56 Å². The Bertz CT molecular complexity index is 233. The van der Waals surface area contributed by atoms with Gasteiger partial charge in [-0.05, 0) is 18.5 Å². The number of ether oxygens (including phenoxy) is 1. The molecule has 13 heavy (non-hydrogen) atoms. The Morgan fingerprint density at radius 3 is 2.85 bits per heavy atom. The van der Waals surface area contributed by atoms with Crippen LogP contribution in [-0.2, 0) is 6.54 Å². The number of nitrogens with one attached hydrogen (secondary N) is 1. The van der Waals surface area contributed by atoms with Crippen LogP contribution in [-0.4, -0.2) is 18.6 Å². The van der Waals surface area contributed by atoms with E-state index in [0.29, 0.717) is 5.88 Å². The molecule has 0 spiro atoms. The van der Waals surface area contributed by atoms with Crippen LogP contribution in [0, 0.1) is 0 Å². The van der Waals surface area contributed by atoms with Crippen molar-refractivity contribution in [3.05, 3.63) is 23.9 Å². The third kappa shape index (κ3) is 3.42. The van der Waals surface area contributed by atoms with Crippen molar-refractivity contribution in [3.8, 4) is 5.88 Å². The third-order valence-electron chi connectivity index (χ3n) is 1.76. The van der Waals surface area contributed by atoms with Crippen molar-refractivity contribution in [1.29, 1.82) is 0 Å². The van der Waals surface area contributed by atoms with Gasteiger partial charge in [0.1, 0.15) is 0 Å². The molecule has 1 aromatic rings. The molecule has 0 atom stereocenters. The van der Waals surface area contributed by atoms with Crippen LogP contribution in [0.3, 0.4) is 0 Å². The van der Waals surface area contributed by atoms with E-state index in [0.717, 1.165) is 19.5 Å². The molecule has 1 N–H and O–H groups in total. The molecule has 0 aromatic carbocycles. The second-order valence-corrected chi connectivity index (χ2v) is 2.89. The van der Waals surface area contributed by atoms with Gasteiger partial charge in [-0.3, -0.25) is 0 Å². The van der Waals surface area contributed by atoms with Gasteiger partial charge in [0.25, 0.3) is 0 Å². The van der Waals surface area contributed by atoms with Crippen LogP contribution in [0.25, 0.3) is 0 Å². The van der Waals surface area contributed by atoms with E-state index in [1.807, 2.05) is 18.3 Å². The van der Waals surface area contributed by atoms with Crippen molar-refractivity contribution in [2.75, 3.05) is 13.7 Å². The number of nitrogens with zero attached hydrogens (tertiary/aromatic N) is 1. The van der Waals surface area contributed by atoms with Crippen LogP contribution in [0.1, 0.15) is 18.9 Å². The molecule has 0 aliphatic heterocycles. The quantitative estimate of drug-likeness (QED) is 0.699. The summed E-state index contributed by atoms with van der Waals surface area (Å²) < 4.78 is 4.96. The number of pyridine rings is 1. The molecule has 0 fully saturated rings. The zero-order valence-corrected chi connectivity index (χ0v) is 8.21. The van der Waals surface area contributed by atoms with Crippen LogP contribution in [0.2, 0.25) is 0 Å². The minimum Gasteiger partial charge on any atom is -0.481 e. The highest BCUT2D eigenvalue weighted by Gasteiger charge is 1.93. The molecule has 0 amide bonds. The second kappa shape index (κ2) is 5.54. The third-order valence-corrected chi connectivity index (χ3v) is 1.76. The molecule has 1 aromatic heterocycles. The van der Waals surface area contributed by atoms with Gasteiger partial charge in [-0.15, -0.1) is 0 Å². The van der Waals surface area contributed by atoms with Gasteiger partial charge >= 0.3 is 0 Å². The van der Waals surface area contributed by atoms with Crippen molar-refractivity contribution in [1.82, 2.24) is 10.3 Å². The first kappa shape index (κ1) is 9.99. The predicted molar refractivity (Wildman–Crippen MR) is 52.8 cm³/mol. The lowest BCUT2D eigenvalue weighted by Gasteiger charge is -2.03. The molecule has 1 rings (SSSR count). The summed E-state index contributed by atoms with van der Waals surface area (Å²) in [5, 5.41) is 3.31. The lowest BCUT2D eigenvalue weighted by atomic mass is 10.3. The normalized spacial score (nSPS) is 10.0. The first-order valence-electron chi connectivity index (χ1n) is 4.56. The van der Waals surface area contributed by atoms with Crippen molar-refractivity contribution >= 4 is 0 Å². The Kier molecular flexibility index (Phi) is 4.26. The summed E-state index contributed by atoms with van der Waals surface area (Å²) in [4.78, 5) is 4.11. The number of methoxy groups -OCH3 is 1. The predicted octanol–water partition coefficient (Wildman–Crippen LogP) is 1.59. The molecule has 0 bridgehead atoms. The Labute approximate surface area is 79.1 Å². The largest absolute Gasteiger partial charge is 0.481 e. The minimum absolute atomic E-state index is 0.666. The molecular weight excluding hydrogens is 164 g/mol. The van der Waals surface area contributed by atoms with Crippen LogP contribution in [0.4, 0.5) is 0 Å². The fraction of sp³-hybridized carbons (Fsp3) is 0.500. The van der Waals surface area contributed by atoms with E-state index in [9.17, 15) is 0 Å². The van der Waals surface area contributed by atoms with Gasteiger partial charge in [-0.2, -0.15) is 0 Å². The Morgan fingerprint density at radius 2 is 2.31 bits per heavy atom. The molecule has 3 nitrogen and oxygen atoms in total. The van der Waals surface area contributed by atoms with Crippen molar-refractivity contribution < 1.29 is 4.74 Å². The van der Waals surface area contributed by atoms with Crippen LogP contribution < -0.4 is 10.1 Å². The highest BCUT2D eigenvalue weighted by Crippen LogP contribution is 2.05. The first-order chi connectivity index (χ1) is 6.36. The smallest absolute Gasteiger partial charge is 0.212 e. The molecule has 3 heteroatoms. The SMILES string of the molecule is CCCNCc1ccc(OC)nc1. The number of aromatic nitrogens is 1. The first-order valence-corrected chi connectivity index (χ1v) is 4.56. The van der Waals surface area contributed by atoms with Crippen LogP contribution >= 0.6 is 0 Å². The van der Waals surface area contributed by atoms with E-state index < -0.39 is 0 Å². The van der Waals surface area contributed by atoms with E-state index in [1.54, 1.807) is 7.11 Å². The minimum atomic E-state index is 0.666. The summed E-state index contributed by atoms with van der Waals surface area (Å²) in [6.45, 7) is 4.08. The number of hydrogen-bond donors (Lipinski definition) is 1. The monoisotopic (exact) mass is 180 g/mol. The highest BCUT2D eigenvalue weighted by molar-refractivity contribution is 5.17. The summed E-state index contributed by atoms with van der Waals surface area (Å²) in [7, 11) is 1.62. The molecule has 0 saturated carbocycles. The molecule has 0 aliphatic carbocycles. The summed E-state index contributed by atoms with van der Waals surface area (Å²) in [5.74, 6) is 0.666. The van der Waals surface area contributed by atoms with Crippen LogP contribution in [0.15, 0.2) is 18.3 Å². The molecular formula is C10H16N2O. The van der Waals surface area contributed by atoms with E-state index in [4.69, 9.17) is 4.74 Å². The summed E-state index contributed by atoms with van der Waals surface area (Å²) in [6, 6.07) is 3.90. The average molecular weight is 180 g/mol. The Hall–Kier alpha value is -1.09. The molecule has 72 valence electrons. The lowest BCUT2D eigenvalue weighted by Crippen LogP contribution is -2.13. The molecule has 0 aliphatic rings. The molecule has 1 heterocycles. The van der Waals surface area contributed by atoms with E-state index in [-0.39, 0.29) is 0 Å². The molecule has 0 saturated heterocycles. The fourth-order valence-electron chi connectivity index (χ4n) is 1.05. The maximum Gasteiger partial charge on any atom is 0.212 e. The number of rotatable bonds is 5. The van der Waals surface area contributed by atoms with Crippen molar-refractivity contribution in [2.24, 2.45) is 0 Å². The van der Waals surface area contributed by atoms with E-state index >= 15 is 0 Å². The summed E-state index contributed by atoms with van der Waals surface area (Å²) in [6.07, 6.45) is 2.99. The Balaban J connectivity index is 2.40. The Morgan fingerprint density at radius 1 is 1.46 bits per heavy atom. The zero-order valence-electron chi connectivity index (χ0n) is 8.21. The van der Waals surface area contributed by atoms with Gasteiger partial charge in [-0.25, -0.2) is 4.98 Å². The van der Waals surface area contributed by atoms with Gasteiger partial charge in [0.05, 0.1) is 7.11 Å². The van der Waals surface area contributed by atoms with Gasteiger partial charge in [-0.1, -0.05) is 13.0 Å².